The van der Waals surface area contributed by atoms with Crippen LogP contribution in [0.15, 0.2) is 0 Å². The van der Waals surface area contributed by atoms with Crippen molar-refractivity contribution in [2.75, 3.05) is 13.1 Å². The van der Waals surface area contributed by atoms with Crippen LogP contribution in [0.4, 0.5) is 0 Å². The second-order valence-electron chi connectivity index (χ2n) is 2.42. The fourth-order valence-electron chi connectivity index (χ4n) is 1.10. The van der Waals surface area contributed by atoms with Gasteiger partial charge in [0.1, 0.15) is 0 Å². The number of nitrogens with one attached hydrogen (secondary N) is 1. The molecule has 2 nitrogen and oxygen atoms in total. The second-order valence-corrected chi connectivity index (χ2v) is 3.15. The zero-order chi connectivity index (χ0) is 6.69. The molecule has 0 spiro atoms. The molecular formula is C6H12N2S. The number of rotatable bonds is 1. The maximum absolute atomic E-state index is 6.95. The van der Waals surface area contributed by atoms with Gasteiger partial charge >= 0.3 is 0 Å². The van der Waals surface area contributed by atoms with Crippen molar-refractivity contribution < 1.29 is 0 Å². The molecule has 0 amide bonds. The first-order valence-electron chi connectivity index (χ1n) is 3.25. The number of likely N-dealkylation sites (tertiary alicyclic amines) is 1. The van der Waals surface area contributed by atoms with E-state index in [1.54, 1.807) is 0 Å². The van der Waals surface area contributed by atoms with Gasteiger partial charge < -0.3 is 4.90 Å². The van der Waals surface area contributed by atoms with Crippen molar-refractivity contribution in [1.29, 1.82) is 5.41 Å². The van der Waals surface area contributed by atoms with Crippen molar-refractivity contribution in [2.24, 2.45) is 0 Å². The van der Waals surface area contributed by atoms with Gasteiger partial charge in [0.05, 0.1) is 6.34 Å². The Hall–Kier alpha value is -0.180. The molecule has 0 aliphatic carbocycles. The molecule has 1 aliphatic rings. The van der Waals surface area contributed by atoms with Crippen LogP contribution in [0.25, 0.3) is 0 Å². The van der Waals surface area contributed by atoms with Gasteiger partial charge in [0.2, 0.25) is 0 Å². The summed E-state index contributed by atoms with van der Waals surface area (Å²) >= 11 is 4.33. The molecule has 0 saturated carbocycles. The average Bonchev–Trinajstić information content (AvgIpc) is 1.88. The van der Waals surface area contributed by atoms with Crippen LogP contribution in [0.1, 0.15) is 12.8 Å². The SMILES string of the molecule is N=CN1CCCC(S)C1. The summed E-state index contributed by atoms with van der Waals surface area (Å²) in [4.78, 5) is 2.00. The minimum Gasteiger partial charge on any atom is -0.362 e. The first-order chi connectivity index (χ1) is 4.33. The lowest BCUT2D eigenvalue weighted by Crippen LogP contribution is -2.34. The fraction of sp³-hybridized carbons (Fsp3) is 0.833. The molecule has 0 aromatic rings. The Morgan fingerprint density at radius 3 is 2.89 bits per heavy atom. The van der Waals surface area contributed by atoms with Crippen molar-refractivity contribution in [3.8, 4) is 0 Å². The van der Waals surface area contributed by atoms with Gasteiger partial charge in [-0.2, -0.15) is 12.6 Å². The summed E-state index contributed by atoms with van der Waals surface area (Å²) in [5.74, 6) is 0. The van der Waals surface area contributed by atoms with Crippen molar-refractivity contribution in [3.05, 3.63) is 0 Å². The van der Waals surface area contributed by atoms with Crippen molar-refractivity contribution in [2.45, 2.75) is 18.1 Å². The van der Waals surface area contributed by atoms with Crippen LogP contribution >= 0.6 is 12.6 Å². The quantitative estimate of drug-likeness (QED) is 0.320. The summed E-state index contributed by atoms with van der Waals surface area (Å²) in [5.41, 5.74) is 0. The summed E-state index contributed by atoms with van der Waals surface area (Å²) in [6.07, 6.45) is 3.79. The number of hydrogen-bond donors (Lipinski definition) is 2. The molecule has 3 heteroatoms. The Balaban J connectivity index is 2.31. The highest BCUT2D eigenvalue weighted by atomic mass is 32.1. The highest BCUT2D eigenvalue weighted by molar-refractivity contribution is 7.81. The van der Waals surface area contributed by atoms with Crippen LogP contribution in [0, 0.1) is 5.41 Å². The molecule has 0 bridgehead atoms. The van der Waals surface area contributed by atoms with Crippen LogP contribution < -0.4 is 0 Å². The van der Waals surface area contributed by atoms with Gasteiger partial charge in [-0.15, -0.1) is 0 Å². The average molecular weight is 144 g/mol. The van der Waals surface area contributed by atoms with E-state index >= 15 is 0 Å². The zero-order valence-corrected chi connectivity index (χ0v) is 6.27. The first kappa shape index (κ1) is 6.93. The summed E-state index contributed by atoms with van der Waals surface area (Å²) in [6, 6.07) is 0. The predicted octanol–water partition coefficient (Wildman–Crippen LogP) is 0.988. The third kappa shape index (κ3) is 1.90. The van der Waals surface area contributed by atoms with E-state index in [9.17, 15) is 0 Å². The largest absolute Gasteiger partial charge is 0.362 e. The smallest absolute Gasteiger partial charge is 0.0817 e. The van der Waals surface area contributed by atoms with E-state index in [0.29, 0.717) is 5.25 Å². The molecule has 1 heterocycles. The minimum absolute atomic E-state index is 0.486. The molecule has 52 valence electrons. The summed E-state index contributed by atoms with van der Waals surface area (Å²) in [5, 5.41) is 7.44. The van der Waals surface area contributed by atoms with E-state index in [-0.39, 0.29) is 0 Å². The van der Waals surface area contributed by atoms with E-state index in [2.05, 4.69) is 12.6 Å². The van der Waals surface area contributed by atoms with Gasteiger partial charge in [-0.3, -0.25) is 5.41 Å². The Morgan fingerprint density at radius 1 is 1.67 bits per heavy atom. The molecule has 0 aromatic carbocycles. The third-order valence-corrected chi connectivity index (χ3v) is 2.03. The maximum atomic E-state index is 6.95. The van der Waals surface area contributed by atoms with Crippen molar-refractivity contribution in [1.82, 2.24) is 4.90 Å². The lowest BCUT2D eigenvalue weighted by molar-refractivity contribution is 0.358. The summed E-state index contributed by atoms with van der Waals surface area (Å²) in [7, 11) is 0. The van der Waals surface area contributed by atoms with E-state index in [1.165, 1.54) is 19.2 Å². The fourth-order valence-corrected chi connectivity index (χ4v) is 1.49. The molecule has 1 saturated heterocycles. The summed E-state index contributed by atoms with van der Waals surface area (Å²) < 4.78 is 0. The number of nitrogens with zero attached hydrogens (tertiary/aromatic N) is 1. The third-order valence-electron chi connectivity index (χ3n) is 1.61. The van der Waals surface area contributed by atoms with Gasteiger partial charge in [0.15, 0.2) is 0 Å². The highest BCUT2D eigenvalue weighted by Gasteiger charge is 2.13. The minimum atomic E-state index is 0.486. The van der Waals surface area contributed by atoms with Gasteiger partial charge in [-0.1, -0.05) is 0 Å². The standard InChI is InChI=1S/C6H12N2S/c7-5-8-3-1-2-6(9)4-8/h5-7,9H,1-4H2. The van der Waals surface area contributed by atoms with Crippen LogP contribution in [-0.2, 0) is 0 Å². The predicted molar refractivity (Wildman–Crippen MR) is 42.4 cm³/mol. The lowest BCUT2D eigenvalue weighted by Gasteiger charge is -2.27. The number of hydrogen-bond acceptors (Lipinski definition) is 2. The maximum Gasteiger partial charge on any atom is 0.0817 e. The Bertz CT molecular complexity index is 105. The molecule has 1 unspecified atom stereocenters. The molecule has 0 radical (unpaired) electrons. The van der Waals surface area contributed by atoms with Crippen LogP contribution in [0.5, 0.6) is 0 Å². The highest BCUT2D eigenvalue weighted by Crippen LogP contribution is 2.12. The van der Waals surface area contributed by atoms with Gasteiger partial charge in [0.25, 0.3) is 0 Å². The Labute approximate surface area is 61.2 Å². The van der Waals surface area contributed by atoms with E-state index in [0.717, 1.165) is 13.1 Å². The molecule has 1 fully saturated rings. The van der Waals surface area contributed by atoms with Gasteiger partial charge in [-0.25, -0.2) is 0 Å². The van der Waals surface area contributed by atoms with Crippen molar-refractivity contribution >= 4 is 19.0 Å². The van der Waals surface area contributed by atoms with E-state index in [1.807, 2.05) is 4.90 Å². The molecule has 0 aromatic heterocycles. The topological polar surface area (TPSA) is 27.1 Å². The molecule has 1 atom stereocenters. The van der Waals surface area contributed by atoms with E-state index < -0.39 is 0 Å². The monoisotopic (exact) mass is 144 g/mol. The van der Waals surface area contributed by atoms with Crippen LogP contribution in [-0.4, -0.2) is 29.6 Å². The van der Waals surface area contributed by atoms with Gasteiger partial charge in [-0.05, 0) is 12.8 Å². The van der Waals surface area contributed by atoms with Crippen LogP contribution in [0.2, 0.25) is 0 Å². The number of piperidine rings is 1. The lowest BCUT2D eigenvalue weighted by atomic mass is 10.1. The van der Waals surface area contributed by atoms with Crippen LogP contribution in [0.3, 0.4) is 0 Å². The number of thiol groups is 1. The molecule has 9 heavy (non-hydrogen) atoms. The van der Waals surface area contributed by atoms with Gasteiger partial charge in [0, 0.05) is 18.3 Å². The molecule has 1 N–H and O–H groups in total. The van der Waals surface area contributed by atoms with E-state index in [4.69, 9.17) is 5.41 Å². The Kier molecular flexibility index (Phi) is 2.39. The summed E-state index contributed by atoms with van der Waals surface area (Å²) in [6.45, 7) is 1.99. The normalized spacial score (nSPS) is 28.1. The first-order valence-corrected chi connectivity index (χ1v) is 3.77. The zero-order valence-electron chi connectivity index (χ0n) is 5.38. The second kappa shape index (κ2) is 3.11. The molecule has 1 aliphatic heterocycles. The van der Waals surface area contributed by atoms with Crippen molar-refractivity contribution in [3.63, 3.8) is 0 Å². The Morgan fingerprint density at radius 2 is 2.44 bits per heavy atom. The molecular weight excluding hydrogens is 132 g/mol. The molecule has 1 rings (SSSR count).